The van der Waals surface area contributed by atoms with Crippen LogP contribution in [0.25, 0.3) is 10.9 Å². The molecule has 2 aliphatic heterocycles. The van der Waals surface area contributed by atoms with E-state index in [0.717, 1.165) is 54.8 Å². The number of hydrogen-bond acceptors (Lipinski definition) is 6. The molecule has 2 saturated heterocycles. The van der Waals surface area contributed by atoms with E-state index in [4.69, 9.17) is 19.7 Å². The number of likely N-dealkylation sites (tertiary alicyclic amines) is 1. The largest absolute Gasteiger partial charge is 0.497 e. The highest BCUT2D eigenvalue weighted by Crippen LogP contribution is 2.36. The number of carbonyl (C=O) groups excluding carboxylic acids is 1. The second-order valence-electron chi connectivity index (χ2n) is 8.72. The molecule has 0 atom stereocenters. The van der Waals surface area contributed by atoms with E-state index in [2.05, 4.69) is 4.90 Å². The molecular weight excluding hydrogens is 424 g/mol. The maximum Gasteiger partial charge on any atom is 0.415 e. The van der Waals surface area contributed by atoms with Crippen molar-refractivity contribution in [2.75, 3.05) is 31.6 Å². The molecule has 172 valence electrons. The number of hydrogen-bond donors (Lipinski definition) is 1. The fourth-order valence-corrected chi connectivity index (χ4v) is 4.75. The molecule has 2 fully saturated rings. The van der Waals surface area contributed by atoms with Crippen molar-refractivity contribution < 1.29 is 24.2 Å². The van der Waals surface area contributed by atoms with Crippen LogP contribution in [0.5, 0.6) is 5.75 Å². The van der Waals surface area contributed by atoms with E-state index in [1.54, 1.807) is 24.1 Å². The molecule has 3 aromatic rings. The molecule has 0 aliphatic carbocycles. The molecular formula is C24H26N4O5. The van der Waals surface area contributed by atoms with E-state index in [-0.39, 0.29) is 11.7 Å². The Morgan fingerprint density at radius 2 is 1.91 bits per heavy atom. The minimum atomic E-state index is -0.991. The Hall–Kier alpha value is -3.59. The van der Waals surface area contributed by atoms with Crippen LogP contribution in [0.3, 0.4) is 0 Å². The van der Waals surface area contributed by atoms with Gasteiger partial charge in [-0.25, -0.2) is 9.59 Å². The van der Waals surface area contributed by atoms with E-state index in [0.29, 0.717) is 12.2 Å². The number of nitrogens with zero attached hydrogens (tertiary/aromatic N) is 4. The SMILES string of the molecule is COc1ccc2c(CN3CCC4(CC3)CN(c3ccc(C(=O)O)cc3)C(=O)O4)nn(C)c2c1. The molecule has 1 spiro atoms. The zero-order valence-corrected chi connectivity index (χ0v) is 18.7. The van der Waals surface area contributed by atoms with Crippen LogP contribution in [0.1, 0.15) is 28.9 Å². The summed E-state index contributed by atoms with van der Waals surface area (Å²) < 4.78 is 13.1. The number of fused-ring (bicyclic) bond motifs is 1. The van der Waals surface area contributed by atoms with Crippen molar-refractivity contribution >= 4 is 28.7 Å². The van der Waals surface area contributed by atoms with Gasteiger partial charge >= 0.3 is 12.1 Å². The highest BCUT2D eigenvalue weighted by molar-refractivity contribution is 5.92. The van der Waals surface area contributed by atoms with Gasteiger partial charge in [-0.1, -0.05) is 0 Å². The van der Waals surface area contributed by atoms with Crippen molar-refractivity contribution in [3.05, 3.63) is 53.7 Å². The van der Waals surface area contributed by atoms with Crippen molar-refractivity contribution in [2.45, 2.75) is 25.0 Å². The molecule has 3 heterocycles. The number of rotatable bonds is 5. The van der Waals surface area contributed by atoms with Crippen LogP contribution in [-0.2, 0) is 18.3 Å². The third-order valence-corrected chi connectivity index (χ3v) is 6.67. The number of piperidine rings is 1. The topological polar surface area (TPSA) is 97.1 Å². The monoisotopic (exact) mass is 450 g/mol. The van der Waals surface area contributed by atoms with E-state index < -0.39 is 11.6 Å². The van der Waals surface area contributed by atoms with Gasteiger partial charge in [-0.15, -0.1) is 0 Å². The molecule has 1 aromatic heterocycles. The first-order chi connectivity index (χ1) is 15.9. The molecule has 5 rings (SSSR count). The zero-order valence-electron chi connectivity index (χ0n) is 18.7. The normalized spacial score (nSPS) is 18.1. The number of amides is 1. The lowest BCUT2D eigenvalue weighted by molar-refractivity contribution is -0.00119. The number of carbonyl (C=O) groups is 2. The molecule has 9 nitrogen and oxygen atoms in total. The number of carboxylic acid groups (broad SMARTS) is 1. The number of benzene rings is 2. The summed E-state index contributed by atoms with van der Waals surface area (Å²) in [5.74, 6) is -0.184. The number of anilines is 1. The van der Waals surface area contributed by atoms with Crippen LogP contribution in [-0.4, -0.2) is 64.2 Å². The van der Waals surface area contributed by atoms with Crippen LogP contribution in [0.15, 0.2) is 42.5 Å². The highest BCUT2D eigenvalue weighted by atomic mass is 16.6. The van der Waals surface area contributed by atoms with Gasteiger partial charge in [-0.3, -0.25) is 14.5 Å². The van der Waals surface area contributed by atoms with Gasteiger partial charge in [0.2, 0.25) is 0 Å². The van der Waals surface area contributed by atoms with Crippen LogP contribution < -0.4 is 9.64 Å². The molecule has 0 saturated carbocycles. The summed E-state index contributed by atoms with van der Waals surface area (Å²) in [7, 11) is 3.59. The summed E-state index contributed by atoms with van der Waals surface area (Å²) in [4.78, 5) is 27.6. The zero-order chi connectivity index (χ0) is 23.2. The van der Waals surface area contributed by atoms with Crippen LogP contribution in [0, 0.1) is 0 Å². The number of aromatic nitrogens is 2. The first kappa shape index (κ1) is 21.3. The summed E-state index contributed by atoms with van der Waals surface area (Å²) in [6, 6.07) is 12.3. The maximum absolute atomic E-state index is 12.6. The van der Waals surface area contributed by atoms with Crippen molar-refractivity contribution in [3.63, 3.8) is 0 Å². The summed E-state index contributed by atoms with van der Waals surface area (Å²) in [5, 5.41) is 14.9. The molecule has 2 aromatic carbocycles. The van der Waals surface area contributed by atoms with Crippen molar-refractivity contribution in [2.24, 2.45) is 7.05 Å². The lowest BCUT2D eigenvalue weighted by Crippen LogP contribution is -2.46. The average Bonchev–Trinajstić information content (AvgIpc) is 3.31. The minimum absolute atomic E-state index is 0.190. The van der Waals surface area contributed by atoms with E-state index in [1.165, 1.54) is 12.1 Å². The van der Waals surface area contributed by atoms with Crippen LogP contribution >= 0.6 is 0 Å². The summed E-state index contributed by atoms with van der Waals surface area (Å²) >= 11 is 0. The predicted molar refractivity (Wildman–Crippen MR) is 122 cm³/mol. The number of carboxylic acids is 1. The van der Waals surface area contributed by atoms with Crippen molar-refractivity contribution in [1.82, 2.24) is 14.7 Å². The molecule has 0 radical (unpaired) electrons. The first-order valence-electron chi connectivity index (χ1n) is 10.9. The van der Waals surface area contributed by atoms with E-state index in [9.17, 15) is 9.59 Å². The van der Waals surface area contributed by atoms with Gasteiger partial charge in [0, 0.05) is 56.7 Å². The lowest BCUT2D eigenvalue weighted by atomic mass is 9.91. The Balaban J connectivity index is 1.25. The quantitative estimate of drug-likeness (QED) is 0.637. The van der Waals surface area contributed by atoms with Gasteiger partial charge in [0.25, 0.3) is 0 Å². The van der Waals surface area contributed by atoms with Gasteiger partial charge in [0.05, 0.1) is 30.4 Å². The van der Waals surface area contributed by atoms with Gasteiger partial charge in [-0.05, 0) is 36.4 Å². The third-order valence-electron chi connectivity index (χ3n) is 6.67. The van der Waals surface area contributed by atoms with Gasteiger partial charge in [0.15, 0.2) is 0 Å². The molecule has 9 heteroatoms. The molecule has 1 amide bonds. The standard InChI is InChI=1S/C24H26N4O5/c1-26-21-13-18(32-2)7-8-19(21)20(25-26)14-27-11-9-24(10-12-27)15-28(23(31)33-24)17-5-3-16(4-6-17)22(29)30/h3-8,13H,9-12,14-15H2,1-2H3,(H,29,30). The van der Waals surface area contributed by atoms with Gasteiger partial charge in [-0.2, -0.15) is 5.10 Å². The molecule has 0 bridgehead atoms. The minimum Gasteiger partial charge on any atom is -0.497 e. The lowest BCUT2D eigenvalue weighted by Gasteiger charge is -2.37. The molecule has 0 unspecified atom stereocenters. The summed E-state index contributed by atoms with van der Waals surface area (Å²) in [5.41, 5.74) is 2.38. The second kappa shape index (κ2) is 8.08. The van der Waals surface area contributed by atoms with Gasteiger partial charge in [0.1, 0.15) is 11.4 Å². The number of methoxy groups -OCH3 is 1. The van der Waals surface area contributed by atoms with E-state index in [1.807, 2.05) is 29.9 Å². The Labute approximate surface area is 191 Å². The Kier molecular flexibility index (Phi) is 5.20. The maximum atomic E-state index is 12.6. The fraction of sp³-hybridized carbons (Fsp3) is 0.375. The smallest absolute Gasteiger partial charge is 0.415 e. The Morgan fingerprint density at radius 3 is 2.58 bits per heavy atom. The molecule has 33 heavy (non-hydrogen) atoms. The summed E-state index contributed by atoms with van der Waals surface area (Å²) in [6.45, 7) is 2.80. The van der Waals surface area contributed by atoms with Crippen LogP contribution in [0.4, 0.5) is 10.5 Å². The van der Waals surface area contributed by atoms with Gasteiger partial charge < -0.3 is 14.6 Å². The predicted octanol–water partition coefficient (Wildman–Crippen LogP) is 3.27. The Morgan fingerprint density at radius 1 is 1.18 bits per heavy atom. The molecule has 2 aliphatic rings. The van der Waals surface area contributed by atoms with E-state index >= 15 is 0 Å². The average molecular weight is 450 g/mol. The third kappa shape index (κ3) is 3.89. The van der Waals surface area contributed by atoms with Crippen LogP contribution in [0.2, 0.25) is 0 Å². The fourth-order valence-electron chi connectivity index (χ4n) is 4.75. The summed E-state index contributed by atoms with van der Waals surface area (Å²) in [6.07, 6.45) is 1.10. The number of ether oxygens (including phenoxy) is 2. The highest BCUT2D eigenvalue weighted by Gasteiger charge is 2.47. The van der Waals surface area contributed by atoms with Crippen molar-refractivity contribution in [3.8, 4) is 5.75 Å². The van der Waals surface area contributed by atoms with Crippen molar-refractivity contribution in [1.29, 1.82) is 0 Å². The number of aromatic carboxylic acids is 1. The number of aryl methyl sites for hydroxylation is 1. The first-order valence-corrected chi connectivity index (χ1v) is 10.9. The Bertz CT molecular complexity index is 1210. The molecule has 1 N–H and O–H groups in total. The second-order valence-corrected chi connectivity index (χ2v) is 8.72.